The van der Waals surface area contributed by atoms with Crippen molar-refractivity contribution >= 4 is 21.8 Å². The first-order valence-electron chi connectivity index (χ1n) is 19.8. The Bertz CT molecular complexity index is 2490. The number of rotatable bonds is 8. The van der Waals surface area contributed by atoms with E-state index in [-0.39, 0.29) is 31.9 Å². The molecule has 56 heavy (non-hydrogen) atoms. The minimum atomic E-state index is -0.0885. The number of benzene rings is 4. The smallest absolute Gasteiger partial charge is 0.509 e. The van der Waals surface area contributed by atoms with Crippen LogP contribution in [0.15, 0.2) is 85.3 Å². The van der Waals surface area contributed by atoms with Gasteiger partial charge in [0.15, 0.2) is 0 Å². The van der Waals surface area contributed by atoms with Crippen LogP contribution >= 0.6 is 0 Å². The third kappa shape index (κ3) is 7.52. The van der Waals surface area contributed by atoms with Crippen LogP contribution in [0.5, 0.6) is 11.5 Å². The maximum Gasteiger partial charge on any atom is 2.00 e. The molecule has 3 aromatic heterocycles. The Kier molecular flexibility index (Phi) is 11.4. The molecule has 0 spiro atoms. The molecular formula is C50H56N4OPt. The molecule has 4 aromatic carbocycles. The van der Waals surface area contributed by atoms with Crippen molar-refractivity contribution in [3.05, 3.63) is 131 Å². The molecule has 6 heteroatoms. The van der Waals surface area contributed by atoms with Crippen molar-refractivity contribution in [2.75, 3.05) is 0 Å². The molecule has 0 N–H and O–H groups in total. The topological polar surface area (TPSA) is 44.9 Å². The fourth-order valence-electron chi connectivity index (χ4n) is 8.62. The van der Waals surface area contributed by atoms with Gasteiger partial charge in [-0.3, -0.25) is 4.68 Å². The molecule has 3 heterocycles. The van der Waals surface area contributed by atoms with Crippen LogP contribution in [-0.2, 0) is 31.9 Å². The maximum atomic E-state index is 6.51. The summed E-state index contributed by atoms with van der Waals surface area (Å²) in [7, 11) is 0. The maximum absolute atomic E-state index is 6.51. The first-order chi connectivity index (χ1) is 26.0. The first kappa shape index (κ1) is 41.2. The number of pyridine rings is 1. The van der Waals surface area contributed by atoms with Crippen LogP contribution in [0.25, 0.3) is 44.4 Å². The van der Waals surface area contributed by atoms with Crippen molar-refractivity contribution in [2.24, 2.45) is 0 Å². The fourth-order valence-corrected chi connectivity index (χ4v) is 8.62. The van der Waals surface area contributed by atoms with Gasteiger partial charge >= 0.3 is 21.1 Å². The largest absolute Gasteiger partial charge is 2.00 e. The third-order valence-electron chi connectivity index (χ3n) is 10.6. The molecule has 0 aliphatic heterocycles. The number of fused-ring (bicyclic) bond motifs is 3. The SMILES string of the molecule is Cc1ccnc(-n2c3[c-]c(Oc4[c-]c(-n5cc(-c6c(C(C)(C)C)c(C(C)C)c(C(C)C)c(C(C)C)c6C(C)(C)C)cn5)ccc4)ccc3c3ccccc32)c1.[Pt+2]. The van der Waals surface area contributed by atoms with E-state index >= 15 is 0 Å². The summed E-state index contributed by atoms with van der Waals surface area (Å²) in [5.74, 6) is 3.21. The monoisotopic (exact) mass is 923 g/mol. The Balaban J connectivity index is 0.00000532. The van der Waals surface area contributed by atoms with Crippen LogP contribution in [0.2, 0.25) is 0 Å². The van der Waals surface area contributed by atoms with E-state index < -0.39 is 0 Å². The Morgan fingerprint density at radius 2 is 1.30 bits per heavy atom. The molecule has 0 aliphatic rings. The minimum Gasteiger partial charge on any atom is -0.509 e. The van der Waals surface area contributed by atoms with Gasteiger partial charge in [-0.2, -0.15) is 17.2 Å². The average molecular weight is 924 g/mol. The molecule has 0 radical (unpaired) electrons. The number of hydrogen-bond donors (Lipinski definition) is 0. The van der Waals surface area contributed by atoms with Crippen molar-refractivity contribution in [1.82, 2.24) is 19.3 Å². The molecule has 0 atom stereocenters. The molecule has 7 rings (SSSR count). The Labute approximate surface area is 348 Å². The average Bonchev–Trinajstić information content (AvgIpc) is 3.73. The molecule has 0 amide bonds. The summed E-state index contributed by atoms with van der Waals surface area (Å²) < 4.78 is 10.6. The van der Waals surface area contributed by atoms with Crippen molar-refractivity contribution in [2.45, 2.75) is 119 Å². The first-order valence-corrected chi connectivity index (χ1v) is 19.8. The Hall–Kier alpha value is -4.47. The molecule has 0 saturated carbocycles. The second-order valence-corrected chi connectivity index (χ2v) is 18.1. The zero-order valence-electron chi connectivity index (χ0n) is 35.3. The number of aryl methyl sites for hydroxylation is 1. The van der Waals surface area contributed by atoms with Crippen LogP contribution < -0.4 is 4.74 Å². The van der Waals surface area contributed by atoms with Crippen molar-refractivity contribution in [3.8, 4) is 34.1 Å². The second kappa shape index (κ2) is 15.5. The van der Waals surface area contributed by atoms with E-state index in [1.807, 2.05) is 47.4 Å². The van der Waals surface area contributed by atoms with Gasteiger partial charge in [0.2, 0.25) is 0 Å². The van der Waals surface area contributed by atoms with Gasteiger partial charge in [-0.05, 0) is 104 Å². The fraction of sp³-hybridized carbons (Fsp3) is 0.360. The molecule has 0 aliphatic carbocycles. The van der Waals surface area contributed by atoms with E-state index in [9.17, 15) is 0 Å². The van der Waals surface area contributed by atoms with E-state index in [2.05, 4.69) is 149 Å². The van der Waals surface area contributed by atoms with Gasteiger partial charge in [0.05, 0.1) is 6.20 Å². The van der Waals surface area contributed by atoms with Crippen LogP contribution in [0.1, 0.15) is 134 Å². The predicted molar refractivity (Wildman–Crippen MR) is 230 cm³/mol. The molecule has 0 saturated heterocycles. The van der Waals surface area contributed by atoms with E-state index in [0.29, 0.717) is 29.3 Å². The minimum absolute atomic E-state index is 0. The molecule has 0 fully saturated rings. The van der Waals surface area contributed by atoms with Gasteiger partial charge in [-0.1, -0.05) is 107 Å². The zero-order chi connectivity index (χ0) is 39.6. The summed E-state index contributed by atoms with van der Waals surface area (Å²) in [6.07, 6.45) is 6.09. The van der Waals surface area contributed by atoms with Gasteiger partial charge < -0.3 is 9.30 Å². The molecule has 0 unspecified atom stereocenters. The van der Waals surface area contributed by atoms with Crippen LogP contribution in [-0.4, -0.2) is 19.3 Å². The Morgan fingerprint density at radius 1 is 0.679 bits per heavy atom. The number of ether oxygens (including phenoxy) is 1. The number of hydrogen-bond acceptors (Lipinski definition) is 3. The number of aromatic nitrogens is 4. The molecule has 7 aromatic rings. The van der Waals surface area contributed by atoms with E-state index in [4.69, 9.17) is 14.8 Å². The van der Waals surface area contributed by atoms with Gasteiger partial charge in [0, 0.05) is 35.0 Å². The third-order valence-corrected chi connectivity index (χ3v) is 10.6. The summed E-state index contributed by atoms with van der Waals surface area (Å²) in [5, 5.41) is 7.24. The number of para-hydroxylation sites is 1. The zero-order valence-corrected chi connectivity index (χ0v) is 37.6. The second-order valence-electron chi connectivity index (χ2n) is 18.1. The van der Waals surface area contributed by atoms with E-state index in [1.54, 1.807) is 0 Å². The molecular weight excluding hydrogens is 868 g/mol. The van der Waals surface area contributed by atoms with Crippen molar-refractivity contribution in [1.29, 1.82) is 0 Å². The van der Waals surface area contributed by atoms with Crippen LogP contribution in [0.4, 0.5) is 0 Å². The predicted octanol–water partition coefficient (Wildman–Crippen LogP) is 13.7. The summed E-state index contributed by atoms with van der Waals surface area (Å²) in [5.41, 5.74) is 13.6. The molecule has 0 bridgehead atoms. The van der Waals surface area contributed by atoms with E-state index in [0.717, 1.165) is 44.4 Å². The van der Waals surface area contributed by atoms with E-state index in [1.165, 1.54) is 33.4 Å². The van der Waals surface area contributed by atoms with Crippen molar-refractivity contribution < 1.29 is 25.8 Å². The number of nitrogens with zero attached hydrogens (tertiary/aromatic N) is 4. The summed E-state index contributed by atoms with van der Waals surface area (Å²) in [6, 6.07) is 29.7. The van der Waals surface area contributed by atoms with Gasteiger partial charge in [-0.25, -0.2) is 4.98 Å². The van der Waals surface area contributed by atoms with Crippen molar-refractivity contribution in [3.63, 3.8) is 0 Å². The normalized spacial score (nSPS) is 12.4. The Morgan fingerprint density at radius 3 is 1.91 bits per heavy atom. The van der Waals surface area contributed by atoms with Crippen LogP contribution in [0.3, 0.4) is 0 Å². The van der Waals surface area contributed by atoms with Gasteiger partial charge in [0.1, 0.15) is 5.82 Å². The van der Waals surface area contributed by atoms with Crippen LogP contribution in [0, 0.1) is 19.1 Å². The summed E-state index contributed by atoms with van der Waals surface area (Å²) >= 11 is 0. The van der Waals surface area contributed by atoms with Gasteiger partial charge in [0.25, 0.3) is 0 Å². The van der Waals surface area contributed by atoms with Gasteiger partial charge in [-0.15, -0.1) is 35.7 Å². The molecule has 292 valence electrons. The summed E-state index contributed by atoms with van der Waals surface area (Å²) in [6.45, 7) is 30.5. The quantitative estimate of drug-likeness (QED) is 0.143. The molecule has 5 nitrogen and oxygen atoms in total. The standard InChI is InChI=1S/C50H56N4O.Pt/c1-30(2)43-44(31(3)4)47(49(8,9)10)46(48(50(11,12)13)45(43)32(5)6)34-28-52-53(29-34)35-17-16-18-36(26-35)55-37-21-22-39-38-19-14-15-20-40(38)54(41(39)27-37)42-25-33(7)23-24-51-42;/h14-25,28-32H,1-13H3;/q-2;+2. The summed E-state index contributed by atoms with van der Waals surface area (Å²) in [4.78, 5) is 4.73.